The van der Waals surface area contributed by atoms with Gasteiger partial charge in [-0.3, -0.25) is 0 Å². The van der Waals surface area contributed by atoms with E-state index in [9.17, 15) is 8.42 Å². The van der Waals surface area contributed by atoms with Gasteiger partial charge in [-0.25, -0.2) is 8.42 Å². The minimum absolute atomic E-state index is 0.353. The van der Waals surface area contributed by atoms with Crippen LogP contribution in [-0.2, 0) is 14.6 Å². The number of hydrogen-bond donors (Lipinski definition) is 0. The maximum absolute atomic E-state index is 11.4. The Morgan fingerprint density at radius 1 is 1.60 bits per heavy atom. The minimum Gasteiger partial charge on any atom is -0.380 e. The zero-order valence-electron chi connectivity index (χ0n) is 9.19. The highest BCUT2D eigenvalue weighted by Gasteiger charge is 2.43. The summed E-state index contributed by atoms with van der Waals surface area (Å²) in [7, 11) is -3.02. The van der Waals surface area contributed by atoms with Crippen molar-refractivity contribution < 1.29 is 13.2 Å². The number of rotatable bonds is 4. The van der Waals surface area contributed by atoms with Gasteiger partial charge in [0, 0.05) is 12.9 Å². The Morgan fingerprint density at radius 2 is 2.27 bits per heavy atom. The summed E-state index contributed by atoms with van der Waals surface area (Å²) < 4.78 is 28.0. The van der Waals surface area contributed by atoms with Gasteiger partial charge in [-0.2, -0.15) is 5.26 Å². The third kappa shape index (κ3) is 2.93. The van der Waals surface area contributed by atoms with E-state index in [4.69, 9.17) is 10.00 Å². The smallest absolute Gasteiger partial charge is 0.150 e. The van der Waals surface area contributed by atoms with Crippen molar-refractivity contribution >= 4 is 9.84 Å². The van der Waals surface area contributed by atoms with Crippen LogP contribution in [0, 0.1) is 16.7 Å². The van der Waals surface area contributed by atoms with Crippen LogP contribution < -0.4 is 0 Å². The summed E-state index contributed by atoms with van der Waals surface area (Å²) in [5, 5.41) is 8.74. The van der Waals surface area contributed by atoms with Crippen LogP contribution in [0.1, 0.15) is 26.2 Å². The number of nitrogens with zero attached hydrogens (tertiary/aromatic N) is 1. The van der Waals surface area contributed by atoms with E-state index in [1.54, 1.807) is 0 Å². The van der Waals surface area contributed by atoms with Crippen molar-refractivity contribution in [1.29, 1.82) is 5.26 Å². The first-order valence-electron chi connectivity index (χ1n) is 5.11. The van der Waals surface area contributed by atoms with Crippen molar-refractivity contribution in [3.63, 3.8) is 0 Å². The first kappa shape index (κ1) is 12.5. The lowest BCUT2D eigenvalue weighted by Crippen LogP contribution is -2.25. The van der Waals surface area contributed by atoms with Crippen LogP contribution in [0.2, 0.25) is 0 Å². The van der Waals surface area contributed by atoms with E-state index in [0.717, 1.165) is 0 Å². The second-order valence-electron chi connectivity index (χ2n) is 4.22. The number of hydrogen-bond acceptors (Lipinski definition) is 4. The summed E-state index contributed by atoms with van der Waals surface area (Å²) in [5.41, 5.74) is -0.580. The molecule has 1 saturated carbocycles. The van der Waals surface area contributed by atoms with E-state index in [1.165, 1.54) is 6.26 Å². The van der Waals surface area contributed by atoms with Gasteiger partial charge in [-0.1, -0.05) is 0 Å². The van der Waals surface area contributed by atoms with Gasteiger partial charge in [-0.15, -0.1) is 0 Å². The van der Waals surface area contributed by atoms with Gasteiger partial charge in [0.2, 0.25) is 0 Å². The zero-order valence-corrected chi connectivity index (χ0v) is 10.0. The van der Waals surface area contributed by atoms with E-state index in [0.29, 0.717) is 32.5 Å². The van der Waals surface area contributed by atoms with Crippen LogP contribution in [0.15, 0.2) is 0 Å². The molecule has 0 saturated heterocycles. The predicted molar refractivity (Wildman–Crippen MR) is 57.0 cm³/mol. The Bertz CT molecular complexity index is 357. The van der Waals surface area contributed by atoms with Crippen LogP contribution in [0.5, 0.6) is 0 Å². The van der Waals surface area contributed by atoms with Gasteiger partial charge in [0.15, 0.2) is 0 Å². The molecule has 0 bridgehead atoms. The van der Waals surface area contributed by atoms with Crippen molar-refractivity contribution in [2.75, 3.05) is 19.5 Å². The van der Waals surface area contributed by atoms with Crippen LogP contribution in [-0.4, -0.2) is 33.1 Å². The Labute approximate surface area is 91.1 Å². The highest BCUT2D eigenvalue weighted by Crippen LogP contribution is 2.40. The monoisotopic (exact) mass is 231 g/mol. The molecule has 2 unspecified atom stereocenters. The molecule has 2 atom stereocenters. The molecule has 0 spiro atoms. The quantitative estimate of drug-likeness (QED) is 0.727. The summed E-state index contributed by atoms with van der Waals surface area (Å²) in [6.45, 7) is 2.78. The molecule has 0 heterocycles. The van der Waals surface area contributed by atoms with E-state index in [1.807, 2.05) is 6.92 Å². The molecule has 4 nitrogen and oxygen atoms in total. The molecule has 0 aromatic heterocycles. The normalized spacial score (nSPS) is 31.4. The fourth-order valence-electron chi connectivity index (χ4n) is 2.01. The average Bonchev–Trinajstić information content (AvgIpc) is 2.59. The first-order chi connectivity index (χ1) is 6.93. The van der Waals surface area contributed by atoms with Crippen LogP contribution >= 0.6 is 0 Å². The second-order valence-corrected chi connectivity index (χ2v) is 6.55. The molecular formula is C10H17NO3S. The second kappa shape index (κ2) is 4.50. The molecule has 15 heavy (non-hydrogen) atoms. The van der Waals surface area contributed by atoms with Gasteiger partial charge in [0.25, 0.3) is 0 Å². The summed E-state index contributed by atoms with van der Waals surface area (Å²) >= 11 is 0. The Morgan fingerprint density at radius 3 is 2.67 bits per heavy atom. The lowest BCUT2D eigenvalue weighted by atomic mass is 9.89. The van der Waals surface area contributed by atoms with Gasteiger partial charge < -0.3 is 4.74 Å². The highest BCUT2D eigenvalue weighted by atomic mass is 32.2. The highest BCUT2D eigenvalue weighted by molar-refractivity contribution is 7.91. The Balaban J connectivity index is 2.70. The molecule has 5 heteroatoms. The molecular weight excluding hydrogens is 214 g/mol. The topological polar surface area (TPSA) is 67.2 Å². The molecule has 0 aliphatic heterocycles. The van der Waals surface area contributed by atoms with Crippen molar-refractivity contribution in [2.45, 2.75) is 31.4 Å². The van der Waals surface area contributed by atoms with Gasteiger partial charge in [0.1, 0.15) is 9.84 Å². The third-order valence-electron chi connectivity index (χ3n) is 2.99. The Hall–Kier alpha value is -0.600. The maximum atomic E-state index is 11.4. The van der Waals surface area contributed by atoms with E-state index >= 15 is 0 Å². The fourth-order valence-corrected chi connectivity index (χ4v) is 3.17. The molecule has 0 aromatic carbocycles. The lowest BCUT2D eigenvalue weighted by Gasteiger charge is -2.19. The van der Waals surface area contributed by atoms with Crippen molar-refractivity contribution in [2.24, 2.45) is 5.41 Å². The van der Waals surface area contributed by atoms with Crippen molar-refractivity contribution in [1.82, 2.24) is 0 Å². The molecule has 1 aliphatic carbocycles. The standard InChI is InChI=1S/C10H17NO3S/c1-3-14-8-10(7-11)5-4-9(6-10)15(2,12)13/h9H,3-6,8H2,1-2H3. The van der Waals surface area contributed by atoms with Crippen LogP contribution in [0.3, 0.4) is 0 Å². The number of sulfone groups is 1. The van der Waals surface area contributed by atoms with Crippen LogP contribution in [0.4, 0.5) is 0 Å². The molecule has 1 fully saturated rings. The summed E-state index contributed by atoms with van der Waals surface area (Å²) in [6, 6.07) is 2.22. The molecule has 0 N–H and O–H groups in total. The van der Waals surface area contributed by atoms with Gasteiger partial charge in [-0.05, 0) is 26.2 Å². The number of nitriles is 1. The lowest BCUT2D eigenvalue weighted by molar-refractivity contribution is 0.0835. The zero-order chi connectivity index (χ0) is 11.5. The molecule has 0 radical (unpaired) electrons. The van der Waals surface area contributed by atoms with Gasteiger partial charge >= 0.3 is 0 Å². The largest absolute Gasteiger partial charge is 0.380 e. The van der Waals surface area contributed by atoms with E-state index in [2.05, 4.69) is 6.07 Å². The molecule has 0 aromatic rings. The summed E-state index contributed by atoms with van der Waals surface area (Å²) in [4.78, 5) is 0. The van der Waals surface area contributed by atoms with E-state index < -0.39 is 15.3 Å². The summed E-state index contributed by atoms with van der Waals surface area (Å²) in [5.74, 6) is 0. The van der Waals surface area contributed by atoms with Crippen molar-refractivity contribution in [3.05, 3.63) is 0 Å². The van der Waals surface area contributed by atoms with Crippen molar-refractivity contribution in [3.8, 4) is 6.07 Å². The minimum atomic E-state index is -3.02. The summed E-state index contributed by atoms with van der Waals surface area (Å²) in [6.07, 6.45) is 2.87. The molecule has 0 amide bonds. The van der Waals surface area contributed by atoms with Crippen LogP contribution in [0.25, 0.3) is 0 Å². The first-order valence-corrected chi connectivity index (χ1v) is 7.07. The molecule has 1 rings (SSSR count). The fraction of sp³-hybridized carbons (Fsp3) is 0.900. The average molecular weight is 231 g/mol. The number of ether oxygens (including phenoxy) is 1. The van der Waals surface area contributed by atoms with E-state index in [-0.39, 0.29) is 5.25 Å². The Kier molecular flexibility index (Phi) is 3.74. The molecule has 1 aliphatic rings. The SMILES string of the molecule is CCOCC1(C#N)CCC(S(C)(=O)=O)C1. The molecule has 86 valence electrons. The third-order valence-corrected chi connectivity index (χ3v) is 4.60. The maximum Gasteiger partial charge on any atom is 0.150 e. The predicted octanol–water partition coefficient (Wildman–Crippen LogP) is 1.13. The van der Waals surface area contributed by atoms with Gasteiger partial charge in [0.05, 0.1) is 23.3 Å².